The summed E-state index contributed by atoms with van der Waals surface area (Å²) in [5, 5.41) is 0.343. The van der Waals surface area contributed by atoms with Gasteiger partial charge in [0, 0.05) is 12.3 Å². The van der Waals surface area contributed by atoms with Crippen molar-refractivity contribution in [3.05, 3.63) is 11.6 Å². The molecule has 4 rings (SSSR count). The molecule has 7 heteroatoms. The van der Waals surface area contributed by atoms with Crippen molar-refractivity contribution in [2.24, 2.45) is 11.3 Å². The Hall–Kier alpha value is -1.63. The van der Waals surface area contributed by atoms with Gasteiger partial charge < -0.3 is 0 Å². The molecule has 3 fully saturated rings. The smallest absolute Gasteiger partial charge is 0.296 e. The third-order valence-corrected chi connectivity index (χ3v) is 10.1. The summed E-state index contributed by atoms with van der Waals surface area (Å²) in [6.45, 7) is 1.40. The number of ketones is 1. The molecule has 33 heavy (non-hydrogen) atoms. The highest BCUT2D eigenvalue weighted by Crippen LogP contribution is 2.44. The van der Waals surface area contributed by atoms with E-state index in [1.54, 1.807) is 18.7 Å². The quantitative estimate of drug-likeness (QED) is 0.409. The van der Waals surface area contributed by atoms with Crippen molar-refractivity contribution in [2.75, 3.05) is 13.6 Å². The number of amides is 4. The molecule has 0 N–H and O–H groups in total. The van der Waals surface area contributed by atoms with Gasteiger partial charge in [0.15, 0.2) is 5.78 Å². The third kappa shape index (κ3) is 4.80. The van der Waals surface area contributed by atoms with Crippen LogP contribution in [-0.2, 0) is 14.4 Å². The number of Topliss-reactive ketones (excluding diaryl/α,β-unsaturated/α-hetero) is 1. The molecule has 4 amide bonds. The van der Waals surface area contributed by atoms with Gasteiger partial charge in [-0.05, 0) is 69.8 Å². The van der Waals surface area contributed by atoms with Gasteiger partial charge in [0.25, 0.3) is 5.91 Å². The second kappa shape index (κ2) is 10.3. The number of nitrogens with zero attached hydrogens (tertiary/aromatic N) is 2. The molecule has 182 valence electrons. The normalized spacial score (nSPS) is 32.5. The van der Waals surface area contributed by atoms with E-state index in [2.05, 4.69) is 0 Å². The number of thioether (sulfide) groups is 1. The van der Waals surface area contributed by atoms with Crippen LogP contribution in [-0.4, -0.2) is 57.5 Å². The first-order chi connectivity index (χ1) is 15.8. The molecule has 0 bridgehead atoms. The number of rotatable bonds is 5. The lowest BCUT2D eigenvalue weighted by molar-refractivity contribution is -0.155. The van der Waals surface area contributed by atoms with Gasteiger partial charge in [-0.3, -0.25) is 24.2 Å². The largest absolute Gasteiger partial charge is 0.333 e. The van der Waals surface area contributed by atoms with Gasteiger partial charge in [0.2, 0.25) is 5.91 Å². The lowest BCUT2D eigenvalue weighted by atomic mass is 9.73. The Kier molecular flexibility index (Phi) is 7.66. The number of barbiturate groups is 1. The van der Waals surface area contributed by atoms with Crippen LogP contribution in [0.25, 0.3) is 0 Å². The molecule has 0 aromatic carbocycles. The zero-order chi connectivity index (χ0) is 23.6. The van der Waals surface area contributed by atoms with Crippen molar-refractivity contribution in [1.29, 1.82) is 0 Å². The van der Waals surface area contributed by atoms with Crippen molar-refractivity contribution < 1.29 is 19.2 Å². The first-order valence-electron chi connectivity index (χ1n) is 12.9. The minimum Gasteiger partial charge on any atom is -0.296 e. The Morgan fingerprint density at radius 2 is 1.67 bits per heavy atom. The van der Waals surface area contributed by atoms with Gasteiger partial charge in [-0.2, -0.15) is 0 Å². The Balaban J connectivity index is 1.44. The van der Waals surface area contributed by atoms with Crippen molar-refractivity contribution in [2.45, 2.75) is 101 Å². The summed E-state index contributed by atoms with van der Waals surface area (Å²) in [4.78, 5) is 54.8. The van der Waals surface area contributed by atoms with Gasteiger partial charge in [-0.15, -0.1) is 11.8 Å². The molecule has 0 aromatic rings. The van der Waals surface area contributed by atoms with Crippen LogP contribution < -0.4 is 0 Å². The fraction of sp³-hybridized carbons (Fsp3) is 0.769. The topological polar surface area (TPSA) is 74.8 Å². The molecule has 3 unspecified atom stereocenters. The van der Waals surface area contributed by atoms with Gasteiger partial charge >= 0.3 is 6.03 Å². The van der Waals surface area contributed by atoms with Crippen LogP contribution >= 0.6 is 11.8 Å². The average Bonchev–Trinajstić information content (AvgIpc) is 3.30. The lowest BCUT2D eigenvalue weighted by Crippen LogP contribution is -2.64. The van der Waals surface area contributed by atoms with E-state index in [-0.39, 0.29) is 17.6 Å². The van der Waals surface area contributed by atoms with Crippen LogP contribution in [0.15, 0.2) is 11.6 Å². The molecule has 2 saturated heterocycles. The summed E-state index contributed by atoms with van der Waals surface area (Å²) in [6, 6.07) is -0.674. The number of allylic oxidation sites excluding steroid dienone is 1. The highest BCUT2D eigenvalue weighted by atomic mass is 32.2. The van der Waals surface area contributed by atoms with E-state index < -0.39 is 23.3 Å². The number of carbonyl (C=O) groups is 4. The Bertz CT molecular complexity index is 832. The Morgan fingerprint density at radius 1 is 0.970 bits per heavy atom. The van der Waals surface area contributed by atoms with E-state index in [1.807, 2.05) is 6.08 Å². The number of imide groups is 2. The zero-order valence-corrected chi connectivity index (χ0v) is 21.0. The fourth-order valence-corrected chi connectivity index (χ4v) is 7.81. The van der Waals surface area contributed by atoms with Crippen LogP contribution in [0, 0.1) is 11.3 Å². The number of hydrogen-bond donors (Lipinski definition) is 0. The van der Waals surface area contributed by atoms with Crippen molar-refractivity contribution in [3.8, 4) is 0 Å². The molecule has 2 heterocycles. The molecule has 0 radical (unpaired) electrons. The van der Waals surface area contributed by atoms with Crippen molar-refractivity contribution >= 4 is 35.4 Å². The molecule has 2 aliphatic heterocycles. The molecule has 0 spiro atoms. The predicted molar refractivity (Wildman–Crippen MR) is 130 cm³/mol. The SMILES string of the molecule is CN1C(=O)N(CC(=O)C2CCC(C3CCCCCCC3)S2)C(=O)C(C)(C2=CCCCC2)C1=O. The van der Waals surface area contributed by atoms with Crippen LogP contribution in [0.1, 0.15) is 90.4 Å². The Morgan fingerprint density at radius 3 is 2.33 bits per heavy atom. The summed E-state index contributed by atoms with van der Waals surface area (Å²) in [7, 11) is 1.42. The van der Waals surface area contributed by atoms with E-state index in [9.17, 15) is 19.2 Å². The lowest BCUT2D eigenvalue weighted by Gasteiger charge is -2.42. The summed E-state index contributed by atoms with van der Waals surface area (Å²) in [5.41, 5.74) is -0.590. The molecule has 3 atom stereocenters. The predicted octanol–water partition coefficient (Wildman–Crippen LogP) is 5.11. The highest BCUT2D eigenvalue weighted by Gasteiger charge is 2.55. The molecule has 0 aromatic heterocycles. The van der Waals surface area contributed by atoms with Crippen molar-refractivity contribution in [3.63, 3.8) is 0 Å². The molecule has 1 saturated carbocycles. The third-order valence-electron chi connectivity index (χ3n) is 8.26. The minimum atomic E-state index is -1.38. The minimum absolute atomic E-state index is 0.0576. The van der Waals surface area contributed by atoms with E-state index >= 15 is 0 Å². The summed E-state index contributed by atoms with van der Waals surface area (Å²) < 4.78 is 0. The van der Waals surface area contributed by atoms with Gasteiger partial charge in [0.1, 0.15) is 5.41 Å². The maximum absolute atomic E-state index is 13.5. The maximum Gasteiger partial charge on any atom is 0.333 e. The first kappa shape index (κ1) is 24.5. The van der Waals surface area contributed by atoms with Gasteiger partial charge in [-0.25, -0.2) is 4.79 Å². The summed E-state index contributed by atoms with van der Waals surface area (Å²) in [5.74, 6) is -0.389. The van der Waals surface area contributed by atoms with Crippen LogP contribution in [0.3, 0.4) is 0 Å². The van der Waals surface area contributed by atoms with E-state index in [4.69, 9.17) is 0 Å². The second-order valence-electron chi connectivity index (χ2n) is 10.5. The standard InChI is InChI=1S/C26H38N2O4S/c1-26(19-13-9-6-10-14-19)23(30)27(2)25(32)28(24(26)31)17-20(29)22-16-15-21(33-22)18-11-7-4-3-5-8-12-18/h13,18,21-22H,3-12,14-17H2,1-2H3. The fourth-order valence-electron chi connectivity index (χ4n) is 6.12. The van der Waals surface area contributed by atoms with Crippen molar-refractivity contribution in [1.82, 2.24) is 9.80 Å². The van der Waals surface area contributed by atoms with E-state index in [0.29, 0.717) is 17.6 Å². The molecule has 4 aliphatic rings. The van der Waals surface area contributed by atoms with E-state index in [0.717, 1.165) is 47.5 Å². The summed E-state index contributed by atoms with van der Waals surface area (Å²) in [6.07, 6.45) is 16.4. The molecule has 6 nitrogen and oxygen atoms in total. The first-order valence-corrected chi connectivity index (χ1v) is 13.8. The number of carbonyl (C=O) groups excluding carboxylic acids is 4. The van der Waals surface area contributed by atoms with Gasteiger partial charge in [-0.1, -0.05) is 38.2 Å². The van der Waals surface area contributed by atoms with Crippen LogP contribution in [0.2, 0.25) is 0 Å². The zero-order valence-electron chi connectivity index (χ0n) is 20.1. The molecular weight excluding hydrogens is 436 g/mol. The average molecular weight is 475 g/mol. The molecule has 2 aliphatic carbocycles. The Labute approximate surface area is 201 Å². The monoisotopic (exact) mass is 474 g/mol. The maximum atomic E-state index is 13.5. The van der Waals surface area contributed by atoms with E-state index in [1.165, 1.54) is 52.0 Å². The number of urea groups is 1. The molecular formula is C26H38N2O4S. The summed E-state index contributed by atoms with van der Waals surface area (Å²) >= 11 is 1.77. The van der Waals surface area contributed by atoms with Crippen LogP contribution in [0.5, 0.6) is 0 Å². The highest BCUT2D eigenvalue weighted by molar-refractivity contribution is 8.01. The van der Waals surface area contributed by atoms with Gasteiger partial charge in [0.05, 0.1) is 11.8 Å². The second-order valence-corrected chi connectivity index (χ2v) is 11.9. The number of hydrogen-bond acceptors (Lipinski definition) is 5. The van der Waals surface area contributed by atoms with Crippen LogP contribution in [0.4, 0.5) is 4.79 Å².